The summed E-state index contributed by atoms with van der Waals surface area (Å²) in [6, 6.07) is 19.1. The predicted molar refractivity (Wildman–Crippen MR) is 108 cm³/mol. The van der Waals surface area contributed by atoms with Gasteiger partial charge in [-0.05, 0) is 51.1 Å². The van der Waals surface area contributed by atoms with Gasteiger partial charge in [0.2, 0.25) is 0 Å². The van der Waals surface area contributed by atoms with Crippen LogP contribution in [0.4, 0.5) is 5.69 Å². The molecular weight excluding hydrogens is 350 g/mol. The number of anilines is 1. The van der Waals surface area contributed by atoms with Gasteiger partial charge in [0.25, 0.3) is 11.7 Å². The summed E-state index contributed by atoms with van der Waals surface area (Å²) in [6.45, 7) is 6.16. The lowest BCUT2D eigenvalue weighted by molar-refractivity contribution is 0.0984. The van der Waals surface area contributed by atoms with Crippen molar-refractivity contribution in [3.8, 4) is 0 Å². The summed E-state index contributed by atoms with van der Waals surface area (Å²) in [5.41, 5.74) is 4.38. The summed E-state index contributed by atoms with van der Waals surface area (Å²) in [6.07, 6.45) is 0. The van der Waals surface area contributed by atoms with Gasteiger partial charge in [-0.3, -0.25) is 4.79 Å². The maximum Gasteiger partial charge on any atom is 0.258 e. The van der Waals surface area contributed by atoms with E-state index >= 15 is 0 Å². The van der Waals surface area contributed by atoms with Crippen LogP contribution in [0.5, 0.6) is 0 Å². The summed E-state index contributed by atoms with van der Waals surface area (Å²) in [5, 5.41) is 4.56. The number of hydrogen-bond donors (Lipinski definition) is 0. The molecule has 4 aromatic rings. The molecule has 0 aliphatic heterocycles. The van der Waals surface area contributed by atoms with E-state index in [2.05, 4.69) is 15.1 Å². The molecule has 0 atom stereocenters. The lowest BCUT2D eigenvalue weighted by Gasteiger charge is -2.21. The Morgan fingerprint density at radius 1 is 0.964 bits per heavy atom. The van der Waals surface area contributed by atoms with Crippen molar-refractivity contribution >= 4 is 17.4 Å². The first-order valence-electron chi connectivity index (χ1n) is 9.15. The summed E-state index contributed by atoms with van der Waals surface area (Å²) in [7, 11) is 0. The van der Waals surface area contributed by atoms with E-state index in [-0.39, 0.29) is 12.5 Å². The van der Waals surface area contributed by atoms with Crippen LogP contribution in [0.1, 0.15) is 33.1 Å². The van der Waals surface area contributed by atoms with Gasteiger partial charge in [0.1, 0.15) is 0 Å². The van der Waals surface area contributed by atoms with E-state index in [1.807, 2.05) is 81.4 Å². The maximum absolute atomic E-state index is 13.2. The van der Waals surface area contributed by atoms with Gasteiger partial charge in [0.05, 0.1) is 6.54 Å². The molecule has 2 aromatic heterocycles. The molecule has 6 nitrogen and oxygen atoms in total. The Morgan fingerprint density at radius 2 is 1.68 bits per heavy atom. The number of aromatic nitrogens is 4. The normalized spacial score (nSPS) is 11.0. The topological polar surface area (TPSA) is 63.4 Å². The third-order valence-corrected chi connectivity index (χ3v) is 4.57. The molecule has 6 heteroatoms. The van der Waals surface area contributed by atoms with Crippen LogP contribution in [-0.2, 0) is 6.54 Å². The molecule has 0 fully saturated rings. The number of para-hydroxylation sites is 1. The van der Waals surface area contributed by atoms with Crippen molar-refractivity contribution in [2.24, 2.45) is 0 Å². The first-order valence-corrected chi connectivity index (χ1v) is 9.15. The molecule has 2 aromatic carbocycles. The zero-order valence-corrected chi connectivity index (χ0v) is 16.1. The first kappa shape index (κ1) is 17.9. The number of fused-ring (bicyclic) bond motifs is 1. The van der Waals surface area contributed by atoms with E-state index in [0.29, 0.717) is 17.2 Å². The molecule has 1 amide bonds. The number of carbonyl (C=O) groups is 1. The molecule has 0 bridgehead atoms. The highest BCUT2D eigenvalue weighted by molar-refractivity contribution is 6.05. The van der Waals surface area contributed by atoms with E-state index in [9.17, 15) is 4.79 Å². The number of benzene rings is 2. The minimum atomic E-state index is -0.0917. The standard InChI is InChI=1S/C22H21N5O/c1-15-9-11-18(12-10-15)21(28)26(19-7-5-4-6-8-19)14-20-24-22-23-16(2)13-17(3)27(22)25-20/h4-13H,14H2,1-3H3. The van der Waals surface area contributed by atoms with E-state index < -0.39 is 0 Å². The van der Waals surface area contributed by atoms with Crippen LogP contribution in [-0.4, -0.2) is 25.5 Å². The Labute approximate surface area is 163 Å². The fourth-order valence-electron chi connectivity index (χ4n) is 3.16. The molecular formula is C22H21N5O. The molecule has 0 N–H and O–H groups in total. The largest absolute Gasteiger partial charge is 0.301 e. The lowest BCUT2D eigenvalue weighted by atomic mass is 10.1. The molecule has 0 saturated heterocycles. The van der Waals surface area contributed by atoms with Crippen molar-refractivity contribution in [2.45, 2.75) is 27.3 Å². The fourth-order valence-corrected chi connectivity index (χ4v) is 3.16. The van der Waals surface area contributed by atoms with Gasteiger partial charge < -0.3 is 4.90 Å². The Hall–Kier alpha value is -3.54. The van der Waals surface area contributed by atoms with Crippen LogP contribution in [0, 0.1) is 20.8 Å². The molecule has 0 aliphatic rings. The monoisotopic (exact) mass is 371 g/mol. The molecule has 2 heterocycles. The second-order valence-electron chi connectivity index (χ2n) is 6.87. The van der Waals surface area contributed by atoms with E-state index in [4.69, 9.17) is 0 Å². The SMILES string of the molecule is Cc1ccc(C(=O)N(Cc2nc3nc(C)cc(C)n3n2)c2ccccc2)cc1. The fraction of sp³-hybridized carbons (Fsp3) is 0.182. The number of rotatable bonds is 4. The molecule has 28 heavy (non-hydrogen) atoms. The lowest BCUT2D eigenvalue weighted by Crippen LogP contribution is -2.31. The average Bonchev–Trinajstić information content (AvgIpc) is 3.10. The minimum absolute atomic E-state index is 0.0917. The number of nitrogens with zero attached hydrogens (tertiary/aromatic N) is 5. The number of aryl methyl sites for hydroxylation is 3. The quantitative estimate of drug-likeness (QED) is 0.546. The highest BCUT2D eigenvalue weighted by Gasteiger charge is 2.20. The molecule has 0 aliphatic carbocycles. The number of carbonyl (C=O) groups excluding carboxylic acids is 1. The van der Waals surface area contributed by atoms with Crippen LogP contribution in [0.25, 0.3) is 5.78 Å². The van der Waals surface area contributed by atoms with Crippen molar-refractivity contribution in [3.63, 3.8) is 0 Å². The molecule has 4 rings (SSSR count). The van der Waals surface area contributed by atoms with Crippen LogP contribution in [0.2, 0.25) is 0 Å². The third-order valence-electron chi connectivity index (χ3n) is 4.57. The van der Waals surface area contributed by atoms with Gasteiger partial charge in [-0.25, -0.2) is 9.50 Å². The van der Waals surface area contributed by atoms with Gasteiger partial charge in [-0.2, -0.15) is 4.98 Å². The van der Waals surface area contributed by atoms with Gasteiger partial charge in [-0.1, -0.05) is 35.9 Å². The minimum Gasteiger partial charge on any atom is -0.301 e. The van der Waals surface area contributed by atoms with E-state index in [1.165, 1.54) is 0 Å². The van der Waals surface area contributed by atoms with Crippen molar-refractivity contribution in [3.05, 3.63) is 89.0 Å². The second kappa shape index (κ2) is 7.23. The zero-order chi connectivity index (χ0) is 19.7. The molecule has 0 radical (unpaired) electrons. The van der Waals surface area contributed by atoms with E-state index in [0.717, 1.165) is 22.6 Å². The Balaban J connectivity index is 1.73. The van der Waals surface area contributed by atoms with Crippen LogP contribution >= 0.6 is 0 Å². The van der Waals surface area contributed by atoms with Crippen LogP contribution in [0.3, 0.4) is 0 Å². The van der Waals surface area contributed by atoms with Crippen LogP contribution in [0.15, 0.2) is 60.7 Å². The predicted octanol–water partition coefficient (Wildman–Crippen LogP) is 3.90. The smallest absolute Gasteiger partial charge is 0.258 e. The van der Waals surface area contributed by atoms with Crippen molar-refractivity contribution < 1.29 is 4.79 Å². The highest BCUT2D eigenvalue weighted by Crippen LogP contribution is 2.20. The summed E-state index contributed by atoms with van der Waals surface area (Å²) in [5.74, 6) is 1.000. The summed E-state index contributed by atoms with van der Waals surface area (Å²) >= 11 is 0. The summed E-state index contributed by atoms with van der Waals surface area (Å²) in [4.78, 5) is 23.9. The molecule has 140 valence electrons. The summed E-state index contributed by atoms with van der Waals surface area (Å²) < 4.78 is 1.71. The zero-order valence-electron chi connectivity index (χ0n) is 16.1. The van der Waals surface area contributed by atoms with Crippen molar-refractivity contribution in [1.82, 2.24) is 19.6 Å². The Morgan fingerprint density at radius 3 is 2.39 bits per heavy atom. The highest BCUT2D eigenvalue weighted by atomic mass is 16.2. The first-order chi connectivity index (χ1) is 13.5. The van der Waals surface area contributed by atoms with Gasteiger partial charge >= 0.3 is 0 Å². The number of hydrogen-bond acceptors (Lipinski definition) is 4. The van der Waals surface area contributed by atoms with Gasteiger partial charge in [-0.15, -0.1) is 5.10 Å². The molecule has 0 spiro atoms. The van der Waals surface area contributed by atoms with Crippen LogP contribution < -0.4 is 4.90 Å². The molecule has 0 saturated carbocycles. The Kier molecular flexibility index (Phi) is 4.61. The Bertz CT molecular complexity index is 1130. The van der Waals surface area contributed by atoms with Crippen molar-refractivity contribution in [1.29, 1.82) is 0 Å². The molecule has 0 unspecified atom stereocenters. The van der Waals surface area contributed by atoms with Gasteiger partial charge in [0, 0.05) is 22.6 Å². The third kappa shape index (κ3) is 3.49. The van der Waals surface area contributed by atoms with Gasteiger partial charge in [0.15, 0.2) is 5.82 Å². The van der Waals surface area contributed by atoms with Crippen molar-refractivity contribution in [2.75, 3.05) is 4.90 Å². The maximum atomic E-state index is 13.2. The number of amides is 1. The second-order valence-corrected chi connectivity index (χ2v) is 6.87. The average molecular weight is 371 g/mol. The van der Waals surface area contributed by atoms with E-state index in [1.54, 1.807) is 9.42 Å².